The average Bonchev–Trinajstić information content (AvgIpc) is 2.46. The van der Waals surface area contributed by atoms with Gasteiger partial charge in [-0.05, 0) is 19.3 Å². The van der Waals surface area contributed by atoms with Crippen LogP contribution in [-0.4, -0.2) is 29.4 Å². The Morgan fingerprint density at radius 1 is 1.62 bits per heavy atom. The molecule has 0 saturated carbocycles. The normalized spacial score (nSPS) is 15.1. The van der Waals surface area contributed by atoms with Crippen LogP contribution in [0.5, 0.6) is 0 Å². The van der Waals surface area contributed by atoms with Gasteiger partial charge in [-0.3, -0.25) is 5.41 Å². The topological polar surface area (TPSA) is 89.0 Å². The van der Waals surface area contributed by atoms with Crippen LogP contribution in [0.2, 0.25) is 0 Å². The molecular formula is C10H17N5O. The average molecular weight is 223 g/mol. The molecule has 88 valence electrons. The first-order valence-corrected chi connectivity index (χ1v) is 5.42. The van der Waals surface area contributed by atoms with Gasteiger partial charge in [-0.25, -0.2) is 0 Å². The maximum atomic E-state index is 7.49. The first-order valence-electron chi connectivity index (χ1n) is 5.42. The number of hydrogen-bond donors (Lipinski definition) is 3. The molecule has 0 spiro atoms. The lowest BCUT2D eigenvalue weighted by molar-refractivity contribution is 0.180. The molecule has 16 heavy (non-hydrogen) atoms. The zero-order valence-electron chi connectivity index (χ0n) is 9.42. The lowest BCUT2D eigenvalue weighted by atomic mass is 10.1. The number of hydrogen-bond acceptors (Lipinski definition) is 4. The van der Waals surface area contributed by atoms with Gasteiger partial charge in [0.25, 0.3) is 0 Å². The van der Waals surface area contributed by atoms with Crippen molar-refractivity contribution in [2.75, 3.05) is 19.0 Å². The number of nitrogens with one attached hydrogen (secondary N) is 2. The van der Waals surface area contributed by atoms with E-state index in [4.69, 9.17) is 15.9 Å². The number of nitrogens with two attached hydrogens (primary N) is 1. The summed E-state index contributed by atoms with van der Waals surface area (Å²) in [4.78, 5) is 0. The van der Waals surface area contributed by atoms with Crippen LogP contribution in [0.1, 0.15) is 24.1 Å². The highest BCUT2D eigenvalue weighted by Crippen LogP contribution is 2.25. The monoisotopic (exact) mass is 223 g/mol. The first-order chi connectivity index (χ1) is 7.74. The smallest absolute Gasteiger partial charge is 0.215 e. The lowest BCUT2D eigenvalue weighted by Crippen LogP contribution is -2.24. The van der Waals surface area contributed by atoms with Gasteiger partial charge in [-0.15, -0.1) is 0 Å². The SMILES string of the molecule is COCc1nn(C(=N)N)c2c1CCCCN2. The summed E-state index contributed by atoms with van der Waals surface area (Å²) in [5.74, 6) is 0.796. The molecule has 0 aromatic carbocycles. The van der Waals surface area contributed by atoms with E-state index in [2.05, 4.69) is 10.4 Å². The fourth-order valence-corrected chi connectivity index (χ4v) is 2.00. The van der Waals surface area contributed by atoms with Crippen LogP contribution in [0.4, 0.5) is 5.82 Å². The minimum Gasteiger partial charge on any atom is -0.378 e. The van der Waals surface area contributed by atoms with Crippen molar-refractivity contribution in [3.8, 4) is 0 Å². The predicted molar refractivity (Wildman–Crippen MR) is 61.7 cm³/mol. The summed E-state index contributed by atoms with van der Waals surface area (Å²) in [5.41, 5.74) is 7.51. The molecule has 0 unspecified atom stereocenters. The Morgan fingerprint density at radius 3 is 3.12 bits per heavy atom. The molecule has 6 heteroatoms. The van der Waals surface area contributed by atoms with Crippen molar-refractivity contribution in [3.63, 3.8) is 0 Å². The van der Waals surface area contributed by atoms with Crippen molar-refractivity contribution in [1.29, 1.82) is 5.41 Å². The van der Waals surface area contributed by atoms with E-state index in [0.717, 1.165) is 42.9 Å². The Bertz CT molecular complexity index is 398. The molecule has 4 N–H and O–H groups in total. The van der Waals surface area contributed by atoms with Gasteiger partial charge < -0.3 is 15.8 Å². The maximum Gasteiger partial charge on any atom is 0.215 e. The molecular weight excluding hydrogens is 206 g/mol. The third kappa shape index (κ3) is 1.88. The minimum absolute atomic E-state index is 0.0620. The van der Waals surface area contributed by atoms with Crippen molar-refractivity contribution < 1.29 is 4.74 Å². The minimum atomic E-state index is -0.0620. The van der Waals surface area contributed by atoms with E-state index >= 15 is 0 Å². The third-order valence-electron chi connectivity index (χ3n) is 2.72. The highest BCUT2D eigenvalue weighted by atomic mass is 16.5. The number of fused-ring (bicyclic) bond motifs is 1. The molecule has 1 aromatic rings. The number of nitrogens with zero attached hydrogens (tertiary/aromatic N) is 2. The van der Waals surface area contributed by atoms with Crippen LogP contribution in [0.3, 0.4) is 0 Å². The van der Waals surface area contributed by atoms with Crippen molar-refractivity contribution in [2.45, 2.75) is 25.9 Å². The summed E-state index contributed by atoms with van der Waals surface area (Å²) in [6.45, 7) is 1.36. The van der Waals surface area contributed by atoms with Gasteiger partial charge in [-0.2, -0.15) is 9.78 Å². The summed E-state index contributed by atoms with van der Waals surface area (Å²) in [6, 6.07) is 0. The first kappa shape index (κ1) is 10.9. The van der Waals surface area contributed by atoms with E-state index in [1.54, 1.807) is 7.11 Å². The zero-order chi connectivity index (χ0) is 11.5. The summed E-state index contributed by atoms with van der Waals surface area (Å²) in [5, 5.41) is 15.1. The molecule has 0 aliphatic carbocycles. The summed E-state index contributed by atoms with van der Waals surface area (Å²) in [7, 11) is 1.64. The van der Waals surface area contributed by atoms with Gasteiger partial charge in [-0.1, -0.05) is 0 Å². The van der Waals surface area contributed by atoms with Gasteiger partial charge in [0.2, 0.25) is 5.96 Å². The Hall–Kier alpha value is -1.56. The van der Waals surface area contributed by atoms with Gasteiger partial charge in [0.15, 0.2) is 0 Å². The highest BCUT2D eigenvalue weighted by molar-refractivity contribution is 5.81. The van der Waals surface area contributed by atoms with Crippen LogP contribution in [0.15, 0.2) is 0 Å². The molecule has 6 nitrogen and oxygen atoms in total. The van der Waals surface area contributed by atoms with Crippen molar-refractivity contribution in [3.05, 3.63) is 11.3 Å². The van der Waals surface area contributed by atoms with Crippen LogP contribution in [0.25, 0.3) is 0 Å². The predicted octanol–water partition coefficient (Wildman–Crippen LogP) is 0.519. The Balaban J connectivity index is 2.44. The number of ether oxygens (including phenoxy) is 1. The molecule has 1 aliphatic heterocycles. The Morgan fingerprint density at radius 2 is 2.44 bits per heavy atom. The van der Waals surface area contributed by atoms with Gasteiger partial charge >= 0.3 is 0 Å². The van der Waals surface area contributed by atoms with Crippen LogP contribution >= 0.6 is 0 Å². The van der Waals surface area contributed by atoms with Gasteiger partial charge in [0.05, 0.1) is 12.3 Å². The molecule has 1 aliphatic rings. The molecule has 2 heterocycles. The lowest BCUT2D eigenvalue weighted by Gasteiger charge is -2.06. The van der Waals surface area contributed by atoms with E-state index < -0.39 is 0 Å². The molecule has 0 atom stereocenters. The van der Waals surface area contributed by atoms with Crippen molar-refractivity contribution >= 4 is 11.8 Å². The Kier molecular flexibility index (Phi) is 3.09. The molecule has 0 bridgehead atoms. The summed E-state index contributed by atoms with van der Waals surface area (Å²) >= 11 is 0. The molecule has 0 fully saturated rings. The van der Waals surface area contributed by atoms with Gasteiger partial charge in [0, 0.05) is 19.2 Å². The number of rotatable bonds is 2. The molecule has 0 saturated heterocycles. The van der Waals surface area contributed by atoms with E-state index in [-0.39, 0.29) is 5.96 Å². The van der Waals surface area contributed by atoms with E-state index in [1.165, 1.54) is 4.68 Å². The second-order valence-electron chi connectivity index (χ2n) is 3.89. The largest absolute Gasteiger partial charge is 0.378 e. The number of methoxy groups -OCH3 is 1. The third-order valence-corrected chi connectivity index (χ3v) is 2.72. The van der Waals surface area contributed by atoms with Crippen LogP contribution < -0.4 is 11.1 Å². The fraction of sp³-hybridized carbons (Fsp3) is 0.600. The number of anilines is 1. The molecule has 0 radical (unpaired) electrons. The van der Waals surface area contributed by atoms with E-state index in [9.17, 15) is 0 Å². The molecule has 2 rings (SSSR count). The number of nitrogen functional groups attached to an aromatic ring is 1. The fourth-order valence-electron chi connectivity index (χ4n) is 2.00. The maximum absolute atomic E-state index is 7.49. The van der Waals surface area contributed by atoms with Crippen molar-refractivity contribution in [1.82, 2.24) is 9.78 Å². The molecule has 1 aromatic heterocycles. The van der Waals surface area contributed by atoms with Crippen LogP contribution in [0, 0.1) is 5.41 Å². The van der Waals surface area contributed by atoms with Crippen LogP contribution in [-0.2, 0) is 17.8 Å². The van der Waals surface area contributed by atoms with E-state index in [0.29, 0.717) is 6.61 Å². The second kappa shape index (κ2) is 4.52. The Labute approximate surface area is 94.3 Å². The number of aromatic nitrogens is 2. The zero-order valence-corrected chi connectivity index (χ0v) is 9.42. The highest BCUT2D eigenvalue weighted by Gasteiger charge is 2.20. The summed E-state index contributed by atoms with van der Waals surface area (Å²) in [6.07, 6.45) is 3.22. The van der Waals surface area contributed by atoms with Crippen molar-refractivity contribution in [2.24, 2.45) is 5.73 Å². The van der Waals surface area contributed by atoms with E-state index in [1.807, 2.05) is 0 Å². The second-order valence-corrected chi connectivity index (χ2v) is 3.89. The summed E-state index contributed by atoms with van der Waals surface area (Å²) < 4.78 is 6.57. The standard InChI is InChI=1S/C10H17N5O/c1-16-6-8-7-4-2-3-5-13-9(7)15(14-8)10(11)12/h13H,2-6H2,1H3,(H3,11,12). The van der Waals surface area contributed by atoms with Gasteiger partial charge in [0.1, 0.15) is 5.82 Å². The quantitative estimate of drug-likeness (QED) is 0.503. The molecule has 0 amide bonds.